The fraction of sp³-hybridized carbons (Fsp3) is 0.333. The Labute approximate surface area is 164 Å². The number of rotatable bonds is 4. The van der Waals surface area contributed by atoms with E-state index in [9.17, 15) is 9.59 Å². The first-order valence-corrected chi connectivity index (χ1v) is 9.45. The Morgan fingerprint density at radius 3 is 2.30 bits per heavy atom. The van der Waals surface area contributed by atoms with Gasteiger partial charge in [-0.15, -0.1) is 0 Å². The van der Waals surface area contributed by atoms with Crippen LogP contribution in [0.2, 0.25) is 5.02 Å². The van der Waals surface area contributed by atoms with E-state index in [1.54, 1.807) is 13.0 Å². The van der Waals surface area contributed by atoms with Crippen molar-refractivity contribution in [2.75, 3.05) is 31.5 Å². The number of anilines is 1. The van der Waals surface area contributed by atoms with E-state index in [4.69, 9.17) is 11.6 Å². The first-order chi connectivity index (χ1) is 13.0. The quantitative estimate of drug-likeness (QED) is 0.876. The smallest absolute Gasteiger partial charge is 0.246 e. The summed E-state index contributed by atoms with van der Waals surface area (Å²) in [5, 5.41) is 3.62. The van der Waals surface area contributed by atoms with Crippen molar-refractivity contribution in [3.05, 3.63) is 64.7 Å². The van der Waals surface area contributed by atoms with Gasteiger partial charge in [0.25, 0.3) is 0 Å². The first kappa shape index (κ1) is 19.4. The summed E-state index contributed by atoms with van der Waals surface area (Å²) in [5.41, 5.74) is 2.58. The molecule has 5 nitrogen and oxygen atoms in total. The van der Waals surface area contributed by atoms with Crippen LogP contribution in [0.4, 0.5) is 5.69 Å². The second-order valence-electron chi connectivity index (χ2n) is 6.81. The van der Waals surface area contributed by atoms with Crippen molar-refractivity contribution < 1.29 is 9.59 Å². The number of carbonyl (C=O) groups is 2. The number of piperazine rings is 1. The molecule has 27 heavy (non-hydrogen) atoms. The van der Waals surface area contributed by atoms with E-state index < -0.39 is 6.04 Å². The summed E-state index contributed by atoms with van der Waals surface area (Å²) in [7, 11) is 0. The van der Waals surface area contributed by atoms with E-state index in [0.29, 0.717) is 36.9 Å². The zero-order valence-electron chi connectivity index (χ0n) is 15.6. The second kappa shape index (κ2) is 8.55. The van der Waals surface area contributed by atoms with Crippen LogP contribution in [0.15, 0.2) is 48.5 Å². The van der Waals surface area contributed by atoms with Gasteiger partial charge >= 0.3 is 0 Å². The lowest BCUT2D eigenvalue weighted by Gasteiger charge is -2.38. The van der Waals surface area contributed by atoms with E-state index >= 15 is 0 Å². The molecule has 3 rings (SSSR count). The van der Waals surface area contributed by atoms with Crippen LogP contribution >= 0.6 is 11.6 Å². The molecule has 1 aliphatic rings. The molecule has 1 N–H and O–H groups in total. The molecule has 0 bridgehead atoms. The highest BCUT2D eigenvalue weighted by Gasteiger charge is 2.31. The van der Waals surface area contributed by atoms with Crippen LogP contribution in [0, 0.1) is 6.92 Å². The van der Waals surface area contributed by atoms with E-state index in [1.807, 2.05) is 54.3 Å². The summed E-state index contributed by atoms with van der Waals surface area (Å²) < 4.78 is 0. The SMILES string of the molecule is CC(=O)N1CCN([C@@H](C(=O)Nc2ccc(C)c(Cl)c2)c2ccccc2)CC1. The second-order valence-corrected chi connectivity index (χ2v) is 7.22. The Morgan fingerprint density at radius 2 is 1.70 bits per heavy atom. The van der Waals surface area contributed by atoms with Crippen LogP contribution in [0.1, 0.15) is 24.1 Å². The number of hydrogen-bond acceptors (Lipinski definition) is 3. The molecule has 2 aromatic rings. The maximum Gasteiger partial charge on any atom is 0.246 e. The summed E-state index contributed by atoms with van der Waals surface area (Å²) >= 11 is 6.19. The van der Waals surface area contributed by atoms with Crippen molar-refractivity contribution in [3.63, 3.8) is 0 Å². The Morgan fingerprint density at radius 1 is 1.04 bits per heavy atom. The third kappa shape index (κ3) is 4.67. The standard InChI is InChI=1S/C21H24ClN3O2/c1-15-8-9-18(14-19(15)22)23-21(27)20(17-6-4-3-5-7-17)25-12-10-24(11-13-25)16(2)26/h3-9,14,20H,10-13H2,1-2H3,(H,23,27)/t20-/m1/s1. The lowest BCUT2D eigenvalue weighted by atomic mass is 10.0. The number of hydrogen-bond donors (Lipinski definition) is 1. The van der Waals surface area contributed by atoms with E-state index in [2.05, 4.69) is 10.2 Å². The van der Waals surface area contributed by atoms with Gasteiger partial charge in [0.2, 0.25) is 11.8 Å². The Kier molecular flexibility index (Phi) is 6.14. The molecule has 2 aromatic carbocycles. The van der Waals surface area contributed by atoms with E-state index in [-0.39, 0.29) is 11.8 Å². The van der Waals surface area contributed by atoms with Gasteiger partial charge < -0.3 is 10.2 Å². The van der Waals surface area contributed by atoms with Gasteiger partial charge in [-0.1, -0.05) is 48.0 Å². The number of nitrogens with one attached hydrogen (secondary N) is 1. The van der Waals surface area contributed by atoms with Gasteiger partial charge in [-0.3, -0.25) is 14.5 Å². The summed E-state index contributed by atoms with van der Waals surface area (Å²) in [6, 6.07) is 14.8. The molecule has 0 unspecified atom stereocenters. The fourth-order valence-electron chi connectivity index (χ4n) is 3.34. The minimum atomic E-state index is -0.416. The van der Waals surface area contributed by atoms with Crippen LogP contribution in [0.3, 0.4) is 0 Å². The minimum absolute atomic E-state index is 0.0738. The normalized spacial score (nSPS) is 16.0. The van der Waals surface area contributed by atoms with Crippen molar-refractivity contribution in [2.45, 2.75) is 19.9 Å². The van der Waals surface area contributed by atoms with Gasteiger partial charge in [-0.25, -0.2) is 0 Å². The van der Waals surface area contributed by atoms with Crippen molar-refractivity contribution >= 4 is 29.1 Å². The maximum absolute atomic E-state index is 13.1. The van der Waals surface area contributed by atoms with Gasteiger partial charge in [0.15, 0.2) is 0 Å². The molecule has 0 radical (unpaired) electrons. The number of halogens is 1. The molecular weight excluding hydrogens is 362 g/mol. The number of amides is 2. The Bertz CT molecular complexity index is 817. The zero-order chi connectivity index (χ0) is 19.4. The van der Waals surface area contributed by atoms with Gasteiger partial charge in [0.1, 0.15) is 6.04 Å². The molecule has 1 saturated heterocycles. The molecular formula is C21H24ClN3O2. The Hall–Kier alpha value is -2.37. The molecule has 1 fully saturated rings. The van der Waals surface area contributed by atoms with Crippen molar-refractivity contribution in [1.82, 2.24) is 9.80 Å². The van der Waals surface area contributed by atoms with Crippen LogP contribution in [0.25, 0.3) is 0 Å². The number of nitrogens with zero attached hydrogens (tertiary/aromatic N) is 2. The monoisotopic (exact) mass is 385 g/mol. The number of aryl methyl sites for hydroxylation is 1. The minimum Gasteiger partial charge on any atom is -0.340 e. The summed E-state index contributed by atoms with van der Waals surface area (Å²) in [4.78, 5) is 28.7. The third-order valence-electron chi connectivity index (χ3n) is 4.93. The Balaban J connectivity index is 1.81. The highest BCUT2D eigenvalue weighted by Crippen LogP contribution is 2.26. The number of benzene rings is 2. The highest BCUT2D eigenvalue weighted by molar-refractivity contribution is 6.31. The molecule has 1 aliphatic heterocycles. The van der Waals surface area contributed by atoms with Gasteiger partial charge in [0.05, 0.1) is 0 Å². The lowest BCUT2D eigenvalue weighted by Crippen LogP contribution is -2.51. The van der Waals surface area contributed by atoms with Crippen LogP contribution in [0.5, 0.6) is 0 Å². The average molecular weight is 386 g/mol. The van der Waals surface area contributed by atoms with Gasteiger partial charge in [-0.05, 0) is 30.2 Å². The number of carbonyl (C=O) groups excluding carboxylic acids is 2. The van der Waals surface area contributed by atoms with Gasteiger partial charge in [0, 0.05) is 43.8 Å². The predicted molar refractivity (Wildman–Crippen MR) is 108 cm³/mol. The summed E-state index contributed by atoms with van der Waals surface area (Å²) in [6.07, 6.45) is 0. The summed E-state index contributed by atoms with van der Waals surface area (Å²) in [5.74, 6) is -0.0259. The first-order valence-electron chi connectivity index (χ1n) is 9.07. The largest absolute Gasteiger partial charge is 0.340 e. The van der Waals surface area contributed by atoms with Crippen LogP contribution in [-0.4, -0.2) is 47.8 Å². The summed E-state index contributed by atoms with van der Waals surface area (Å²) in [6.45, 7) is 6.07. The highest BCUT2D eigenvalue weighted by atomic mass is 35.5. The molecule has 0 spiro atoms. The van der Waals surface area contributed by atoms with Crippen molar-refractivity contribution in [3.8, 4) is 0 Å². The fourth-order valence-corrected chi connectivity index (χ4v) is 3.52. The van der Waals surface area contributed by atoms with Crippen LogP contribution < -0.4 is 5.32 Å². The van der Waals surface area contributed by atoms with Crippen molar-refractivity contribution in [1.29, 1.82) is 0 Å². The molecule has 1 heterocycles. The molecule has 0 aliphatic carbocycles. The molecule has 1 atom stereocenters. The molecule has 142 valence electrons. The zero-order valence-corrected chi connectivity index (χ0v) is 16.4. The molecule has 0 saturated carbocycles. The topological polar surface area (TPSA) is 52.7 Å². The lowest BCUT2D eigenvalue weighted by molar-refractivity contribution is -0.131. The predicted octanol–water partition coefficient (Wildman–Crippen LogP) is 3.49. The average Bonchev–Trinajstić information content (AvgIpc) is 2.66. The molecule has 2 amide bonds. The van der Waals surface area contributed by atoms with E-state index in [1.165, 1.54) is 0 Å². The molecule has 0 aromatic heterocycles. The maximum atomic E-state index is 13.1. The van der Waals surface area contributed by atoms with E-state index in [0.717, 1.165) is 11.1 Å². The van der Waals surface area contributed by atoms with Crippen LogP contribution in [-0.2, 0) is 9.59 Å². The third-order valence-corrected chi connectivity index (χ3v) is 5.33. The molecule has 6 heteroatoms. The van der Waals surface area contributed by atoms with Crippen molar-refractivity contribution in [2.24, 2.45) is 0 Å². The van der Waals surface area contributed by atoms with Gasteiger partial charge in [-0.2, -0.15) is 0 Å².